The zero-order valence-electron chi connectivity index (χ0n) is 13.1. The lowest BCUT2D eigenvalue weighted by molar-refractivity contribution is -0.132. The highest BCUT2D eigenvalue weighted by Gasteiger charge is 2.28. The second kappa shape index (κ2) is 6.16. The molecule has 1 aromatic heterocycles. The van der Waals surface area contributed by atoms with Crippen molar-refractivity contribution in [1.29, 1.82) is 0 Å². The highest BCUT2D eigenvalue weighted by Crippen LogP contribution is 2.26. The smallest absolute Gasteiger partial charge is 0.223 e. The molecule has 0 saturated carbocycles. The Morgan fingerprint density at radius 1 is 1.26 bits per heavy atom. The van der Waals surface area contributed by atoms with Crippen molar-refractivity contribution in [3.8, 4) is 5.69 Å². The fourth-order valence-corrected chi connectivity index (χ4v) is 3.42. The second-order valence-electron chi connectivity index (χ2n) is 6.38. The molecule has 23 heavy (non-hydrogen) atoms. The third-order valence-electron chi connectivity index (χ3n) is 4.80. The average molecular weight is 311 g/mol. The van der Waals surface area contributed by atoms with E-state index in [1.807, 2.05) is 46.1 Å². The summed E-state index contributed by atoms with van der Waals surface area (Å²) in [6.45, 7) is 3.00. The summed E-state index contributed by atoms with van der Waals surface area (Å²) in [6, 6.07) is 10.1. The molecule has 2 aromatic rings. The number of benzene rings is 1. The number of ether oxygens (including phenoxy) is 1. The Morgan fingerprint density at radius 3 is 2.91 bits per heavy atom. The molecule has 0 bridgehead atoms. The minimum absolute atomic E-state index is 0.243. The van der Waals surface area contributed by atoms with Gasteiger partial charge in [0.1, 0.15) is 0 Å². The molecular weight excluding hydrogens is 290 g/mol. The molecule has 4 rings (SSSR count). The van der Waals surface area contributed by atoms with E-state index >= 15 is 0 Å². The minimum Gasteiger partial charge on any atom is -0.381 e. The number of hydrogen-bond donors (Lipinski definition) is 0. The van der Waals surface area contributed by atoms with Crippen LogP contribution in [0.2, 0.25) is 0 Å². The molecule has 1 fully saturated rings. The van der Waals surface area contributed by atoms with Crippen molar-refractivity contribution >= 4 is 5.91 Å². The maximum absolute atomic E-state index is 12.5. The van der Waals surface area contributed by atoms with Crippen LogP contribution in [0.1, 0.15) is 30.5 Å². The summed E-state index contributed by atoms with van der Waals surface area (Å²) in [7, 11) is 0. The standard InChI is InChI=1S/C18H21N3O2/c22-18(7-6-14-8-9-23-13-14)20-11-15-10-19-21(17(15)12-20)16-4-2-1-3-5-16/h1-5,10,14H,6-9,11-13H2/t14-/m1/s1. The molecule has 0 radical (unpaired) electrons. The van der Waals surface area contributed by atoms with Crippen LogP contribution in [0.5, 0.6) is 0 Å². The normalized spacial score (nSPS) is 20.0. The third kappa shape index (κ3) is 2.88. The molecule has 5 heteroatoms. The molecule has 120 valence electrons. The SMILES string of the molecule is O=C(CC[C@@H]1CCOC1)N1Cc2cnn(-c3ccccc3)c2C1. The monoisotopic (exact) mass is 311 g/mol. The van der Waals surface area contributed by atoms with Gasteiger partial charge in [0.2, 0.25) is 5.91 Å². The fourth-order valence-electron chi connectivity index (χ4n) is 3.42. The quantitative estimate of drug-likeness (QED) is 0.872. The number of fused-ring (bicyclic) bond motifs is 1. The molecule has 5 nitrogen and oxygen atoms in total. The van der Waals surface area contributed by atoms with E-state index in [0.29, 0.717) is 25.4 Å². The predicted octanol–water partition coefficient (Wildman–Crippen LogP) is 2.53. The van der Waals surface area contributed by atoms with E-state index in [1.54, 1.807) is 0 Å². The largest absolute Gasteiger partial charge is 0.381 e. The van der Waals surface area contributed by atoms with Gasteiger partial charge >= 0.3 is 0 Å². The van der Waals surface area contributed by atoms with E-state index in [1.165, 1.54) is 0 Å². The van der Waals surface area contributed by atoms with Crippen LogP contribution in [0.25, 0.3) is 5.69 Å². The molecule has 0 unspecified atom stereocenters. The highest BCUT2D eigenvalue weighted by atomic mass is 16.5. The first-order chi connectivity index (χ1) is 11.3. The average Bonchev–Trinajstić information content (AvgIpc) is 3.30. The number of rotatable bonds is 4. The zero-order chi connectivity index (χ0) is 15.6. The lowest BCUT2D eigenvalue weighted by Gasteiger charge is -2.17. The Labute approximate surface area is 135 Å². The number of para-hydroxylation sites is 1. The molecule has 1 saturated heterocycles. The summed E-state index contributed by atoms with van der Waals surface area (Å²) in [5.41, 5.74) is 3.34. The van der Waals surface area contributed by atoms with Gasteiger partial charge in [-0.05, 0) is 30.9 Å². The number of aromatic nitrogens is 2. The molecule has 1 amide bonds. The van der Waals surface area contributed by atoms with Crippen LogP contribution >= 0.6 is 0 Å². The molecule has 2 aliphatic rings. The second-order valence-corrected chi connectivity index (χ2v) is 6.38. The van der Waals surface area contributed by atoms with Gasteiger partial charge < -0.3 is 9.64 Å². The van der Waals surface area contributed by atoms with Crippen molar-refractivity contribution in [2.24, 2.45) is 5.92 Å². The number of nitrogens with zero attached hydrogens (tertiary/aromatic N) is 3. The third-order valence-corrected chi connectivity index (χ3v) is 4.80. The Kier molecular flexibility index (Phi) is 3.87. The number of carbonyl (C=O) groups excluding carboxylic acids is 1. The lowest BCUT2D eigenvalue weighted by atomic mass is 10.0. The maximum atomic E-state index is 12.5. The summed E-state index contributed by atoms with van der Waals surface area (Å²) < 4.78 is 7.33. The Bertz CT molecular complexity index is 690. The van der Waals surface area contributed by atoms with Gasteiger partial charge in [0.05, 0.1) is 24.1 Å². The van der Waals surface area contributed by atoms with Crippen molar-refractivity contribution < 1.29 is 9.53 Å². The van der Waals surface area contributed by atoms with E-state index < -0.39 is 0 Å². The summed E-state index contributed by atoms with van der Waals surface area (Å²) in [4.78, 5) is 14.4. The van der Waals surface area contributed by atoms with Gasteiger partial charge in [-0.15, -0.1) is 0 Å². The zero-order valence-corrected chi connectivity index (χ0v) is 13.1. The van der Waals surface area contributed by atoms with Crippen LogP contribution < -0.4 is 0 Å². The minimum atomic E-state index is 0.243. The topological polar surface area (TPSA) is 47.4 Å². The van der Waals surface area contributed by atoms with E-state index in [0.717, 1.165) is 43.0 Å². The summed E-state index contributed by atoms with van der Waals surface area (Å²) in [5, 5.41) is 4.47. The first-order valence-corrected chi connectivity index (χ1v) is 8.28. The predicted molar refractivity (Wildman–Crippen MR) is 86.0 cm³/mol. The summed E-state index contributed by atoms with van der Waals surface area (Å²) in [6.07, 6.45) is 4.55. The molecular formula is C18H21N3O2. The van der Waals surface area contributed by atoms with Crippen LogP contribution in [0, 0.1) is 5.92 Å². The van der Waals surface area contributed by atoms with Gasteiger partial charge in [-0.2, -0.15) is 5.10 Å². The van der Waals surface area contributed by atoms with Crippen LogP contribution in [-0.2, 0) is 22.6 Å². The molecule has 1 aromatic carbocycles. The summed E-state index contributed by atoms with van der Waals surface area (Å²) in [5.74, 6) is 0.802. The Hall–Kier alpha value is -2.14. The van der Waals surface area contributed by atoms with Crippen LogP contribution in [0.15, 0.2) is 36.5 Å². The highest BCUT2D eigenvalue weighted by molar-refractivity contribution is 5.76. The Morgan fingerprint density at radius 2 is 2.13 bits per heavy atom. The van der Waals surface area contributed by atoms with Crippen molar-refractivity contribution in [3.63, 3.8) is 0 Å². The number of carbonyl (C=O) groups is 1. The molecule has 2 aliphatic heterocycles. The Balaban J connectivity index is 1.42. The van der Waals surface area contributed by atoms with Crippen LogP contribution in [0.4, 0.5) is 0 Å². The summed E-state index contributed by atoms with van der Waals surface area (Å²) >= 11 is 0. The first-order valence-electron chi connectivity index (χ1n) is 8.28. The van der Waals surface area contributed by atoms with Crippen LogP contribution in [-0.4, -0.2) is 33.8 Å². The molecule has 0 spiro atoms. The fraction of sp³-hybridized carbons (Fsp3) is 0.444. The number of amides is 1. The van der Waals surface area contributed by atoms with Gasteiger partial charge in [0.25, 0.3) is 0 Å². The van der Waals surface area contributed by atoms with E-state index in [2.05, 4.69) is 5.10 Å². The maximum Gasteiger partial charge on any atom is 0.223 e. The molecule has 3 heterocycles. The molecule has 1 atom stereocenters. The van der Waals surface area contributed by atoms with Crippen molar-refractivity contribution in [1.82, 2.24) is 14.7 Å². The number of hydrogen-bond acceptors (Lipinski definition) is 3. The van der Waals surface area contributed by atoms with E-state index in [-0.39, 0.29) is 5.91 Å². The van der Waals surface area contributed by atoms with Crippen molar-refractivity contribution in [3.05, 3.63) is 47.8 Å². The van der Waals surface area contributed by atoms with Crippen molar-refractivity contribution in [2.45, 2.75) is 32.4 Å². The van der Waals surface area contributed by atoms with Gasteiger partial charge in [-0.3, -0.25) is 4.79 Å². The first kappa shape index (κ1) is 14.5. The van der Waals surface area contributed by atoms with Crippen LogP contribution in [0.3, 0.4) is 0 Å². The van der Waals surface area contributed by atoms with E-state index in [9.17, 15) is 4.79 Å². The van der Waals surface area contributed by atoms with Crippen molar-refractivity contribution in [2.75, 3.05) is 13.2 Å². The van der Waals surface area contributed by atoms with Gasteiger partial charge in [-0.1, -0.05) is 18.2 Å². The molecule has 0 aliphatic carbocycles. The lowest BCUT2D eigenvalue weighted by Crippen LogP contribution is -2.26. The van der Waals surface area contributed by atoms with E-state index in [4.69, 9.17) is 4.74 Å². The van der Waals surface area contributed by atoms with Gasteiger partial charge in [-0.25, -0.2) is 4.68 Å². The van der Waals surface area contributed by atoms with Gasteiger partial charge in [0, 0.05) is 31.7 Å². The van der Waals surface area contributed by atoms with Gasteiger partial charge in [0.15, 0.2) is 0 Å². The molecule has 0 N–H and O–H groups in total.